The number of nitrogens with zero attached hydrogens (tertiary/aromatic N) is 3. The molecule has 0 aliphatic heterocycles. The largest absolute Gasteiger partial charge is 0.345 e. The third kappa shape index (κ3) is 0.819. The van der Waals surface area contributed by atoms with Gasteiger partial charge in [-0.3, -0.25) is 0 Å². The van der Waals surface area contributed by atoms with Gasteiger partial charge in [-0.2, -0.15) is 0 Å². The first-order valence-electron chi connectivity index (χ1n) is 2.02. The molecule has 0 aliphatic rings. The molecule has 0 N–H and O–H groups in total. The maximum atomic E-state index is 6.39. The average Bonchev–Trinajstić information content (AvgIpc) is 2.19. The molecule has 0 atom stereocenters. The fourth-order valence-corrected chi connectivity index (χ4v) is 0.334. The topological polar surface area (TPSA) is 43.3 Å². The molecule has 1 rings (SSSR count). The van der Waals surface area contributed by atoms with E-state index < -0.39 is 0 Å². The number of hydrogen-bond acceptors (Lipinski definition) is 3. The Hall–Kier alpha value is -1.37. The minimum absolute atomic E-state index is 0.253. The highest BCUT2D eigenvalue weighted by molar-refractivity contribution is 4.90. The maximum Gasteiger partial charge on any atom is 0.261 e. The molecule has 0 aliphatic carbocycles. The molecule has 0 saturated carbocycles. The summed E-state index contributed by atoms with van der Waals surface area (Å²) in [6.45, 7) is 6.65. The monoisotopic (exact) mass is 109 g/mol. The van der Waals surface area contributed by atoms with E-state index in [4.69, 9.17) is 6.57 Å². The first kappa shape index (κ1) is 4.78. The lowest BCUT2D eigenvalue weighted by atomic mass is 10.5. The molecule has 8 heavy (non-hydrogen) atoms. The van der Waals surface area contributed by atoms with E-state index in [1.807, 2.05) is 0 Å². The zero-order valence-corrected chi connectivity index (χ0v) is 4.03. The van der Waals surface area contributed by atoms with E-state index in [0.29, 0.717) is 5.69 Å². The van der Waals surface area contributed by atoms with Crippen LogP contribution in [-0.2, 0) is 6.54 Å². The SMILES string of the molecule is [C-]#[N+]Cc1conn1. The molecule has 40 valence electrons. The van der Waals surface area contributed by atoms with Crippen molar-refractivity contribution in [2.45, 2.75) is 6.54 Å². The lowest BCUT2D eigenvalue weighted by Crippen LogP contribution is -1.76. The van der Waals surface area contributed by atoms with Gasteiger partial charge in [0.25, 0.3) is 6.54 Å². The van der Waals surface area contributed by atoms with Gasteiger partial charge in [0.05, 0.1) is 0 Å². The standard InChI is InChI=1S/C4H3N3O/c1-5-2-4-3-8-7-6-4/h3H,2H2. The molecular formula is C4H3N3O. The Bertz CT molecular complexity index is 186. The van der Waals surface area contributed by atoms with Gasteiger partial charge in [-0.15, -0.1) is 5.10 Å². The molecule has 0 spiro atoms. The van der Waals surface area contributed by atoms with E-state index in [1.54, 1.807) is 0 Å². The van der Waals surface area contributed by atoms with Crippen LogP contribution in [0.2, 0.25) is 0 Å². The van der Waals surface area contributed by atoms with Crippen molar-refractivity contribution in [3.05, 3.63) is 23.4 Å². The Morgan fingerprint density at radius 2 is 2.75 bits per heavy atom. The fraction of sp³-hybridized carbons (Fsp3) is 0.250. The Kier molecular flexibility index (Phi) is 1.24. The minimum Gasteiger partial charge on any atom is -0.345 e. The van der Waals surface area contributed by atoms with Crippen LogP contribution in [0.15, 0.2) is 10.8 Å². The summed E-state index contributed by atoms with van der Waals surface area (Å²) in [5.41, 5.74) is 0.583. The zero-order chi connectivity index (χ0) is 5.82. The molecule has 1 aromatic rings. The van der Waals surface area contributed by atoms with E-state index >= 15 is 0 Å². The van der Waals surface area contributed by atoms with E-state index in [1.165, 1.54) is 6.26 Å². The van der Waals surface area contributed by atoms with Crippen LogP contribution in [0.25, 0.3) is 4.85 Å². The van der Waals surface area contributed by atoms with Gasteiger partial charge in [0.2, 0.25) is 0 Å². The number of rotatable bonds is 1. The van der Waals surface area contributed by atoms with Gasteiger partial charge in [-0.05, 0) is 0 Å². The molecule has 1 heterocycles. The minimum atomic E-state index is 0.253. The van der Waals surface area contributed by atoms with Crippen LogP contribution in [0.1, 0.15) is 5.69 Å². The second kappa shape index (κ2) is 2.07. The van der Waals surface area contributed by atoms with Crippen LogP contribution in [0.5, 0.6) is 0 Å². The molecule has 0 aromatic carbocycles. The van der Waals surface area contributed by atoms with Crippen LogP contribution in [0.3, 0.4) is 0 Å². The fourth-order valence-electron chi connectivity index (χ4n) is 0.334. The predicted octanol–water partition coefficient (Wildman–Crippen LogP) is 0.489. The molecule has 0 fully saturated rings. The van der Waals surface area contributed by atoms with E-state index in [2.05, 4.69) is 19.7 Å². The number of aromatic nitrogens is 2. The van der Waals surface area contributed by atoms with Gasteiger partial charge in [0.1, 0.15) is 0 Å². The van der Waals surface area contributed by atoms with Crippen molar-refractivity contribution < 1.29 is 4.52 Å². The molecule has 0 saturated heterocycles. The summed E-state index contributed by atoms with van der Waals surface area (Å²) >= 11 is 0. The second-order valence-corrected chi connectivity index (χ2v) is 1.21. The molecule has 0 radical (unpaired) electrons. The summed E-state index contributed by atoms with van der Waals surface area (Å²) < 4.78 is 4.36. The van der Waals surface area contributed by atoms with Crippen LogP contribution < -0.4 is 0 Å². The summed E-state index contributed by atoms with van der Waals surface area (Å²) in [5.74, 6) is 0. The molecule has 4 nitrogen and oxygen atoms in total. The molecular weight excluding hydrogens is 106 g/mol. The van der Waals surface area contributed by atoms with Crippen molar-refractivity contribution >= 4 is 0 Å². The summed E-state index contributed by atoms with van der Waals surface area (Å²) in [5, 5.41) is 6.65. The van der Waals surface area contributed by atoms with Crippen molar-refractivity contribution in [2.24, 2.45) is 0 Å². The highest BCUT2D eigenvalue weighted by Gasteiger charge is 1.96. The quantitative estimate of drug-likeness (QED) is 0.493. The molecule has 1 aromatic heterocycles. The lowest BCUT2D eigenvalue weighted by molar-refractivity contribution is 0.392. The Morgan fingerprint density at radius 1 is 1.88 bits per heavy atom. The van der Waals surface area contributed by atoms with Crippen molar-refractivity contribution in [3.8, 4) is 0 Å². The summed E-state index contributed by atoms with van der Waals surface area (Å²) in [4.78, 5) is 3.07. The highest BCUT2D eigenvalue weighted by atomic mass is 16.5. The van der Waals surface area contributed by atoms with Gasteiger partial charge in [0, 0.05) is 5.27 Å². The smallest absolute Gasteiger partial charge is 0.261 e. The third-order valence-electron chi connectivity index (χ3n) is 0.646. The summed E-state index contributed by atoms with van der Waals surface area (Å²) in [6.07, 6.45) is 1.36. The van der Waals surface area contributed by atoms with E-state index in [9.17, 15) is 0 Å². The van der Waals surface area contributed by atoms with Gasteiger partial charge in [0.15, 0.2) is 12.0 Å². The molecule has 4 heteroatoms. The molecule has 0 unspecified atom stereocenters. The Labute approximate surface area is 45.9 Å². The lowest BCUT2D eigenvalue weighted by Gasteiger charge is -1.69. The highest BCUT2D eigenvalue weighted by Crippen LogP contribution is 1.91. The summed E-state index contributed by atoms with van der Waals surface area (Å²) in [7, 11) is 0. The van der Waals surface area contributed by atoms with Crippen LogP contribution in [0.4, 0.5) is 0 Å². The zero-order valence-electron chi connectivity index (χ0n) is 4.03. The van der Waals surface area contributed by atoms with Crippen molar-refractivity contribution in [1.29, 1.82) is 0 Å². The van der Waals surface area contributed by atoms with Gasteiger partial charge in [-0.1, -0.05) is 0 Å². The Balaban J connectivity index is 2.67. The third-order valence-corrected chi connectivity index (χ3v) is 0.646. The molecule has 0 bridgehead atoms. The van der Waals surface area contributed by atoms with Crippen molar-refractivity contribution in [1.82, 2.24) is 10.4 Å². The normalized spacial score (nSPS) is 8.38. The predicted molar refractivity (Wildman–Crippen MR) is 24.6 cm³/mol. The van der Waals surface area contributed by atoms with E-state index in [-0.39, 0.29) is 6.54 Å². The van der Waals surface area contributed by atoms with E-state index in [0.717, 1.165) is 0 Å². The molecule has 0 amide bonds. The van der Waals surface area contributed by atoms with Crippen LogP contribution >= 0.6 is 0 Å². The van der Waals surface area contributed by atoms with Crippen molar-refractivity contribution in [2.75, 3.05) is 0 Å². The van der Waals surface area contributed by atoms with Crippen LogP contribution in [0, 0.1) is 6.57 Å². The van der Waals surface area contributed by atoms with Gasteiger partial charge < -0.3 is 9.37 Å². The second-order valence-electron chi connectivity index (χ2n) is 1.21. The van der Waals surface area contributed by atoms with Gasteiger partial charge >= 0.3 is 0 Å². The average molecular weight is 109 g/mol. The van der Waals surface area contributed by atoms with Gasteiger partial charge in [-0.25, -0.2) is 6.57 Å². The maximum absolute atomic E-state index is 6.39. The number of hydrogen-bond donors (Lipinski definition) is 0. The Morgan fingerprint density at radius 3 is 3.25 bits per heavy atom. The van der Waals surface area contributed by atoms with Crippen molar-refractivity contribution in [3.63, 3.8) is 0 Å². The summed E-state index contributed by atoms with van der Waals surface area (Å²) in [6, 6.07) is 0. The van der Waals surface area contributed by atoms with Crippen LogP contribution in [-0.4, -0.2) is 10.4 Å². The first-order chi connectivity index (χ1) is 3.93. The first-order valence-corrected chi connectivity index (χ1v) is 2.02.